The Labute approximate surface area is 82.9 Å². The Kier molecular flexibility index (Phi) is 4.24. The molecular formula is C12H24O. The highest BCUT2D eigenvalue weighted by Gasteiger charge is 2.29. The van der Waals surface area contributed by atoms with Crippen LogP contribution in [0.25, 0.3) is 0 Å². The summed E-state index contributed by atoms with van der Waals surface area (Å²) >= 11 is 0. The van der Waals surface area contributed by atoms with E-state index >= 15 is 0 Å². The molecule has 2 atom stereocenters. The van der Waals surface area contributed by atoms with Crippen LogP contribution in [0, 0.1) is 17.8 Å². The number of rotatable bonds is 2. The van der Waals surface area contributed by atoms with E-state index in [-0.39, 0.29) is 0 Å². The van der Waals surface area contributed by atoms with Gasteiger partial charge in [-0.1, -0.05) is 34.1 Å². The maximum atomic E-state index is 5.94. The average molecular weight is 184 g/mol. The molecule has 1 saturated heterocycles. The lowest BCUT2D eigenvalue weighted by molar-refractivity contribution is -0.0192. The molecule has 1 heterocycles. The molecule has 0 aromatic heterocycles. The zero-order chi connectivity index (χ0) is 9.84. The predicted octanol–water partition coefficient (Wildman–Crippen LogP) is 3.48. The van der Waals surface area contributed by atoms with Gasteiger partial charge in [0.2, 0.25) is 0 Å². The van der Waals surface area contributed by atoms with Crippen molar-refractivity contribution in [2.45, 2.75) is 53.1 Å². The molecule has 1 aliphatic rings. The molecule has 1 nitrogen and oxygen atoms in total. The van der Waals surface area contributed by atoms with Crippen LogP contribution in [0.4, 0.5) is 0 Å². The Hall–Kier alpha value is -0.0400. The van der Waals surface area contributed by atoms with Gasteiger partial charge in [-0.3, -0.25) is 0 Å². The molecule has 0 unspecified atom stereocenters. The smallest absolute Gasteiger partial charge is 0.0628 e. The van der Waals surface area contributed by atoms with Crippen molar-refractivity contribution in [1.82, 2.24) is 0 Å². The summed E-state index contributed by atoms with van der Waals surface area (Å²) in [5.41, 5.74) is 0. The van der Waals surface area contributed by atoms with E-state index in [4.69, 9.17) is 4.74 Å². The third kappa shape index (κ3) is 2.98. The van der Waals surface area contributed by atoms with E-state index in [1.54, 1.807) is 0 Å². The minimum absolute atomic E-state index is 0.502. The molecule has 0 amide bonds. The van der Waals surface area contributed by atoms with Gasteiger partial charge in [-0.2, -0.15) is 0 Å². The number of ether oxygens (including phenoxy) is 1. The molecule has 0 aliphatic carbocycles. The van der Waals surface area contributed by atoms with E-state index in [1.807, 2.05) is 0 Å². The lowest BCUT2D eigenvalue weighted by Crippen LogP contribution is -2.31. The van der Waals surface area contributed by atoms with Crippen LogP contribution in [0.1, 0.15) is 47.0 Å². The van der Waals surface area contributed by atoms with Crippen LogP contribution < -0.4 is 0 Å². The quantitative estimate of drug-likeness (QED) is 0.638. The van der Waals surface area contributed by atoms with Gasteiger partial charge in [-0.05, 0) is 30.6 Å². The van der Waals surface area contributed by atoms with E-state index < -0.39 is 0 Å². The first-order valence-corrected chi connectivity index (χ1v) is 5.74. The van der Waals surface area contributed by atoms with Crippen LogP contribution in [0.3, 0.4) is 0 Å². The van der Waals surface area contributed by atoms with Gasteiger partial charge < -0.3 is 4.74 Å². The topological polar surface area (TPSA) is 9.23 Å². The summed E-state index contributed by atoms with van der Waals surface area (Å²) in [7, 11) is 0. The van der Waals surface area contributed by atoms with Crippen molar-refractivity contribution >= 4 is 0 Å². The highest BCUT2D eigenvalue weighted by atomic mass is 16.5. The number of hydrogen-bond acceptors (Lipinski definition) is 1. The summed E-state index contributed by atoms with van der Waals surface area (Å²) in [6.07, 6.45) is 4.47. The normalized spacial score (nSPS) is 30.9. The molecule has 0 saturated carbocycles. The Morgan fingerprint density at radius 2 is 1.69 bits per heavy atom. The molecule has 0 N–H and O–H groups in total. The second kappa shape index (κ2) is 4.99. The highest BCUT2D eigenvalue weighted by molar-refractivity contribution is 4.78. The number of hydrogen-bond donors (Lipinski definition) is 0. The second-order valence-corrected chi connectivity index (χ2v) is 4.98. The van der Waals surface area contributed by atoms with Crippen molar-refractivity contribution in [3.63, 3.8) is 0 Å². The third-order valence-corrected chi connectivity index (χ3v) is 3.18. The molecule has 78 valence electrons. The summed E-state index contributed by atoms with van der Waals surface area (Å²) in [5, 5.41) is 0. The predicted molar refractivity (Wildman–Crippen MR) is 56.8 cm³/mol. The standard InChI is InChI=1S/C12H24O/c1-9(2)11-7-5-6-8-13-12(11)10(3)4/h9-12H,5-8H2,1-4H3/t11-,12-/m0/s1. The summed E-state index contributed by atoms with van der Waals surface area (Å²) in [6.45, 7) is 10.2. The minimum atomic E-state index is 0.502. The van der Waals surface area contributed by atoms with Crippen LogP contribution in [-0.4, -0.2) is 12.7 Å². The molecular weight excluding hydrogens is 160 g/mol. The molecule has 1 fully saturated rings. The van der Waals surface area contributed by atoms with Crippen LogP contribution in [0.2, 0.25) is 0 Å². The Morgan fingerprint density at radius 3 is 2.23 bits per heavy atom. The van der Waals surface area contributed by atoms with Crippen molar-refractivity contribution in [1.29, 1.82) is 0 Å². The fraction of sp³-hybridized carbons (Fsp3) is 1.00. The summed E-state index contributed by atoms with van der Waals surface area (Å²) in [6, 6.07) is 0. The van der Waals surface area contributed by atoms with Gasteiger partial charge in [0, 0.05) is 6.61 Å². The molecule has 0 aromatic rings. The van der Waals surface area contributed by atoms with Crippen LogP contribution in [0.5, 0.6) is 0 Å². The maximum Gasteiger partial charge on any atom is 0.0628 e. The van der Waals surface area contributed by atoms with E-state index in [9.17, 15) is 0 Å². The minimum Gasteiger partial charge on any atom is -0.378 e. The first-order valence-electron chi connectivity index (χ1n) is 5.74. The lowest BCUT2D eigenvalue weighted by Gasteiger charge is -2.30. The molecule has 0 spiro atoms. The third-order valence-electron chi connectivity index (χ3n) is 3.18. The lowest BCUT2D eigenvalue weighted by atomic mass is 9.82. The van der Waals surface area contributed by atoms with E-state index in [1.165, 1.54) is 19.3 Å². The van der Waals surface area contributed by atoms with Crippen LogP contribution in [-0.2, 0) is 4.74 Å². The highest BCUT2D eigenvalue weighted by Crippen LogP contribution is 2.30. The summed E-state index contributed by atoms with van der Waals surface area (Å²) in [5.74, 6) is 2.22. The van der Waals surface area contributed by atoms with E-state index in [0.29, 0.717) is 12.0 Å². The molecule has 1 rings (SSSR count). The van der Waals surface area contributed by atoms with Gasteiger partial charge in [-0.25, -0.2) is 0 Å². The Balaban J connectivity index is 2.61. The van der Waals surface area contributed by atoms with Gasteiger partial charge in [0.05, 0.1) is 6.10 Å². The molecule has 13 heavy (non-hydrogen) atoms. The molecule has 0 bridgehead atoms. The van der Waals surface area contributed by atoms with Gasteiger partial charge >= 0.3 is 0 Å². The largest absolute Gasteiger partial charge is 0.378 e. The van der Waals surface area contributed by atoms with Gasteiger partial charge in [0.15, 0.2) is 0 Å². The van der Waals surface area contributed by atoms with E-state index in [0.717, 1.165) is 18.4 Å². The van der Waals surface area contributed by atoms with Crippen molar-refractivity contribution < 1.29 is 4.74 Å². The van der Waals surface area contributed by atoms with Gasteiger partial charge in [0.25, 0.3) is 0 Å². The van der Waals surface area contributed by atoms with Gasteiger partial charge in [0.1, 0.15) is 0 Å². The van der Waals surface area contributed by atoms with Crippen molar-refractivity contribution in [2.24, 2.45) is 17.8 Å². The SMILES string of the molecule is CC(C)[C@@H]1CCCCO[C@H]1C(C)C. The molecule has 0 aromatic carbocycles. The summed E-state index contributed by atoms with van der Waals surface area (Å²) < 4.78 is 5.94. The zero-order valence-corrected chi connectivity index (χ0v) is 9.55. The first kappa shape index (κ1) is 11.0. The van der Waals surface area contributed by atoms with Crippen molar-refractivity contribution in [2.75, 3.05) is 6.61 Å². The van der Waals surface area contributed by atoms with Crippen molar-refractivity contribution in [3.05, 3.63) is 0 Å². The Bertz CT molecular complexity index is 124. The molecule has 0 radical (unpaired) electrons. The second-order valence-electron chi connectivity index (χ2n) is 4.98. The fourth-order valence-electron chi connectivity index (χ4n) is 2.39. The monoisotopic (exact) mass is 184 g/mol. The first-order chi connectivity index (χ1) is 6.13. The van der Waals surface area contributed by atoms with Crippen molar-refractivity contribution in [3.8, 4) is 0 Å². The summed E-state index contributed by atoms with van der Waals surface area (Å²) in [4.78, 5) is 0. The average Bonchev–Trinajstić information content (AvgIpc) is 2.27. The molecule has 1 aliphatic heterocycles. The van der Waals surface area contributed by atoms with Crippen LogP contribution >= 0.6 is 0 Å². The Morgan fingerprint density at radius 1 is 1.00 bits per heavy atom. The fourth-order valence-corrected chi connectivity index (χ4v) is 2.39. The molecule has 1 heteroatoms. The van der Waals surface area contributed by atoms with Gasteiger partial charge in [-0.15, -0.1) is 0 Å². The maximum absolute atomic E-state index is 5.94. The zero-order valence-electron chi connectivity index (χ0n) is 9.55. The van der Waals surface area contributed by atoms with Crippen LogP contribution in [0.15, 0.2) is 0 Å². The van der Waals surface area contributed by atoms with E-state index in [2.05, 4.69) is 27.7 Å².